The molecular weight excluding hydrogens is 352 g/mol. The van der Waals surface area contributed by atoms with Gasteiger partial charge in [-0.3, -0.25) is 4.79 Å². The van der Waals surface area contributed by atoms with Crippen LogP contribution in [0.25, 0.3) is 0 Å². The Morgan fingerprint density at radius 2 is 1.77 bits per heavy atom. The van der Waals surface area contributed by atoms with Gasteiger partial charge in [0.05, 0.1) is 5.56 Å². The lowest BCUT2D eigenvalue weighted by Crippen LogP contribution is -2.37. The number of carbonyl (C=O) groups excluding carboxylic acids is 1. The number of amides is 1. The van der Waals surface area contributed by atoms with Gasteiger partial charge in [-0.1, -0.05) is 41.9 Å². The van der Waals surface area contributed by atoms with Crippen molar-refractivity contribution in [2.75, 3.05) is 6.54 Å². The first-order valence-electron chi connectivity index (χ1n) is 6.79. The second kappa shape index (κ2) is 6.57. The average molecular weight is 368 g/mol. The summed E-state index contributed by atoms with van der Waals surface area (Å²) in [4.78, 5) is 12.0. The van der Waals surface area contributed by atoms with Crippen molar-refractivity contribution in [1.82, 2.24) is 5.32 Å². The Morgan fingerprint density at radius 3 is 2.41 bits per heavy atom. The molecule has 0 bridgehead atoms. The Kier molecular flexibility index (Phi) is 4.96. The van der Waals surface area contributed by atoms with Gasteiger partial charge in [0, 0.05) is 16.4 Å². The molecule has 0 aliphatic heterocycles. The Labute approximate surface area is 136 Å². The van der Waals surface area contributed by atoms with Crippen LogP contribution in [0.15, 0.2) is 46.9 Å². The SMILES string of the molecule is CC(C)(CNC(=O)c1cc(F)ccc1F)c1ccc(Br)cc1. The van der Waals surface area contributed by atoms with Crippen molar-refractivity contribution in [2.24, 2.45) is 0 Å². The van der Waals surface area contributed by atoms with Gasteiger partial charge in [-0.2, -0.15) is 0 Å². The predicted molar refractivity (Wildman–Crippen MR) is 85.9 cm³/mol. The molecule has 0 atom stereocenters. The van der Waals surface area contributed by atoms with Crippen molar-refractivity contribution >= 4 is 21.8 Å². The maximum atomic E-state index is 13.6. The van der Waals surface area contributed by atoms with Crippen molar-refractivity contribution in [3.05, 3.63) is 69.7 Å². The number of hydrogen-bond donors (Lipinski definition) is 1. The minimum atomic E-state index is -0.736. The summed E-state index contributed by atoms with van der Waals surface area (Å²) in [6, 6.07) is 10.6. The second-order valence-electron chi connectivity index (χ2n) is 5.70. The maximum Gasteiger partial charge on any atom is 0.254 e. The lowest BCUT2D eigenvalue weighted by molar-refractivity contribution is 0.0941. The zero-order valence-electron chi connectivity index (χ0n) is 12.3. The lowest BCUT2D eigenvalue weighted by atomic mass is 9.84. The van der Waals surface area contributed by atoms with Crippen molar-refractivity contribution in [3.8, 4) is 0 Å². The largest absolute Gasteiger partial charge is 0.351 e. The zero-order valence-corrected chi connectivity index (χ0v) is 13.9. The first-order valence-corrected chi connectivity index (χ1v) is 7.58. The summed E-state index contributed by atoms with van der Waals surface area (Å²) in [5.41, 5.74) is 0.419. The molecule has 0 unspecified atom stereocenters. The van der Waals surface area contributed by atoms with Crippen molar-refractivity contribution < 1.29 is 13.6 Å². The summed E-state index contributed by atoms with van der Waals surface area (Å²) < 4.78 is 27.7. The summed E-state index contributed by atoms with van der Waals surface area (Å²) in [5, 5.41) is 2.66. The van der Waals surface area contributed by atoms with Gasteiger partial charge in [0.25, 0.3) is 5.91 Å². The number of rotatable bonds is 4. The third kappa shape index (κ3) is 3.91. The van der Waals surface area contributed by atoms with Crippen LogP contribution in [0.4, 0.5) is 8.78 Å². The lowest BCUT2D eigenvalue weighted by Gasteiger charge is -2.25. The smallest absolute Gasteiger partial charge is 0.254 e. The second-order valence-corrected chi connectivity index (χ2v) is 6.61. The quantitative estimate of drug-likeness (QED) is 0.850. The normalized spacial score (nSPS) is 11.3. The van der Waals surface area contributed by atoms with Gasteiger partial charge in [0.15, 0.2) is 0 Å². The molecule has 0 aromatic heterocycles. The van der Waals surface area contributed by atoms with E-state index >= 15 is 0 Å². The summed E-state index contributed by atoms with van der Waals surface area (Å²) >= 11 is 3.37. The van der Waals surface area contributed by atoms with E-state index in [1.165, 1.54) is 0 Å². The molecule has 2 aromatic carbocycles. The third-order valence-corrected chi connectivity index (χ3v) is 4.02. The molecule has 116 valence electrons. The average Bonchev–Trinajstić information content (AvgIpc) is 2.48. The van der Waals surface area contributed by atoms with Gasteiger partial charge < -0.3 is 5.32 Å². The molecule has 2 rings (SSSR count). The zero-order chi connectivity index (χ0) is 16.3. The number of carbonyl (C=O) groups is 1. The van der Waals surface area contributed by atoms with Crippen LogP contribution in [0.3, 0.4) is 0 Å². The number of nitrogens with one attached hydrogen (secondary N) is 1. The van der Waals surface area contributed by atoms with Crippen LogP contribution in [-0.2, 0) is 5.41 Å². The van der Waals surface area contributed by atoms with E-state index in [-0.39, 0.29) is 11.0 Å². The fourth-order valence-corrected chi connectivity index (χ4v) is 2.34. The van der Waals surface area contributed by atoms with E-state index in [2.05, 4.69) is 21.2 Å². The first kappa shape index (κ1) is 16.6. The highest BCUT2D eigenvalue weighted by molar-refractivity contribution is 9.10. The van der Waals surface area contributed by atoms with Crippen molar-refractivity contribution in [3.63, 3.8) is 0 Å². The molecule has 0 fully saturated rings. The van der Waals surface area contributed by atoms with Gasteiger partial charge in [-0.25, -0.2) is 8.78 Å². The van der Waals surface area contributed by atoms with Crippen LogP contribution in [0, 0.1) is 11.6 Å². The van der Waals surface area contributed by atoms with E-state index in [9.17, 15) is 13.6 Å². The van der Waals surface area contributed by atoms with Crippen LogP contribution in [-0.4, -0.2) is 12.5 Å². The fourth-order valence-electron chi connectivity index (χ4n) is 2.07. The monoisotopic (exact) mass is 367 g/mol. The molecule has 0 radical (unpaired) electrons. The number of halogens is 3. The van der Waals surface area contributed by atoms with E-state index in [0.717, 1.165) is 28.2 Å². The molecular formula is C17H16BrF2NO. The summed E-state index contributed by atoms with van der Waals surface area (Å²) in [6.45, 7) is 4.25. The van der Waals surface area contributed by atoms with Crippen LogP contribution < -0.4 is 5.32 Å². The van der Waals surface area contributed by atoms with E-state index < -0.39 is 17.5 Å². The highest BCUT2D eigenvalue weighted by Gasteiger charge is 2.22. The minimum Gasteiger partial charge on any atom is -0.351 e. The minimum absolute atomic E-state index is 0.286. The van der Waals surface area contributed by atoms with Crippen LogP contribution >= 0.6 is 15.9 Å². The molecule has 1 amide bonds. The molecule has 0 aliphatic carbocycles. The predicted octanol–water partition coefficient (Wildman–Crippen LogP) is 4.43. The molecule has 0 heterocycles. The number of benzene rings is 2. The highest BCUT2D eigenvalue weighted by Crippen LogP contribution is 2.24. The summed E-state index contributed by atoms with van der Waals surface area (Å²) in [6.07, 6.45) is 0. The van der Waals surface area contributed by atoms with Crippen LogP contribution in [0.2, 0.25) is 0 Å². The fraction of sp³-hybridized carbons (Fsp3) is 0.235. The van der Waals surface area contributed by atoms with Crippen molar-refractivity contribution in [2.45, 2.75) is 19.3 Å². The van der Waals surface area contributed by atoms with Crippen LogP contribution in [0.5, 0.6) is 0 Å². The first-order chi connectivity index (χ1) is 10.3. The van der Waals surface area contributed by atoms with Gasteiger partial charge >= 0.3 is 0 Å². The Morgan fingerprint density at radius 1 is 1.14 bits per heavy atom. The topological polar surface area (TPSA) is 29.1 Å². The summed E-state index contributed by atoms with van der Waals surface area (Å²) in [7, 11) is 0. The molecule has 0 saturated carbocycles. The van der Waals surface area contributed by atoms with Crippen molar-refractivity contribution in [1.29, 1.82) is 0 Å². The van der Waals surface area contributed by atoms with Crippen LogP contribution in [0.1, 0.15) is 29.8 Å². The maximum absolute atomic E-state index is 13.6. The molecule has 2 aromatic rings. The van der Waals surface area contributed by atoms with Gasteiger partial charge in [0.2, 0.25) is 0 Å². The van der Waals surface area contributed by atoms with E-state index in [0.29, 0.717) is 6.54 Å². The summed E-state index contributed by atoms with van der Waals surface area (Å²) in [5.74, 6) is -2.00. The molecule has 0 saturated heterocycles. The molecule has 5 heteroatoms. The van der Waals surface area contributed by atoms with Gasteiger partial charge in [-0.05, 0) is 35.9 Å². The van der Waals surface area contributed by atoms with Gasteiger partial charge in [-0.15, -0.1) is 0 Å². The Bertz CT molecular complexity index is 684. The molecule has 22 heavy (non-hydrogen) atoms. The third-order valence-electron chi connectivity index (χ3n) is 3.49. The molecule has 1 N–H and O–H groups in total. The van der Waals surface area contributed by atoms with E-state index in [1.807, 2.05) is 38.1 Å². The molecule has 0 aliphatic rings. The Hall–Kier alpha value is -1.75. The molecule has 0 spiro atoms. The van der Waals surface area contributed by atoms with E-state index in [1.54, 1.807) is 0 Å². The van der Waals surface area contributed by atoms with Gasteiger partial charge in [0.1, 0.15) is 11.6 Å². The standard InChI is InChI=1S/C17H16BrF2NO/c1-17(2,11-3-5-12(18)6-4-11)10-21-16(22)14-9-13(19)7-8-15(14)20/h3-9H,10H2,1-2H3,(H,21,22). The molecule has 2 nitrogen and oxygen atoms in total. The van der Waals surface area contributed by atoms with E-state index in [4.69, 9.17) is 0 Å². The Balaban J connectivity index is 2.09. The highest BCUT2D eigenvalue weighted by atomic mass is 79.9. The number of hydrogen-bond acceptors (Lipinski definition) is 1.